The number of fused-ring (bicyclic) bond motifs is 1. The van der Waals surface area contributed by atoms with Crippen molar-refractivity contribution in [2.24, 2.45) is 7.05 Å². The Balaban J connectivity index is 1.77. The van der Waals surface area contributed by atoms with Gasteiger partial charge in [-0.2, -0.15) is 14.7 Å². The second-order valence-electron chi connectivity index (χ2n) is 6.03. The molecule has 0 aliphatic rings. The first-order valence-corrected chi connectivity index (χ1v) is 8.40. The van der Waals surface area contributed by atoms with Gasteiger partial charge in [-0.05, 0) is 6.07 Å². The lowest BCUT2D eigenvalue weighted by molar-refractivity contribution is 0.184. The summed E-state index contributed by atoms with van der Waals surface area (Å²) in [5.74, 6) is 0.849. The molecule has 0 aliphatic heterocycles. The van der Waals surface area contributed by atoms with Crippen LogP contribution < -0.4 is 5.32 Å². The predicted octanol–water partition coefficient (Wildman–Crippen LogP) is 2.93. The van der Waals surface area contributed by atoms with Crippen LogP contribution in [0.25, 0.3) is 16.9 Å². The summed E-state index contributed by atoms with van der Waals surface area (Å²) in [6, 6.07) is 15.9. The molecule has 0 aliphatic carbocycles. The molecule has 0 spiro atoms. The molecule has 1 unspecified atom stereocenters. The molecule has 132 valence electrons. The van der Waals surface area contributed by atoms with E-state index in [0.29, 0.717) is 6.61 Å². The van der Waals surface area contributed by atoms with Gasteiger partial charge >= 0.3 is 0 Å². The number of nitrogens with zero attached hydrogens (tertiary/aromatic N) is 5. The van der Waals surface area contributed by atoms with Crippen molar-refractivity contribution < 1.29 is 4.74 Å². The Kier molecular flexibility index (Phi) is 4.37. The van der Waals surface area contributed by atoms with Crippen molar-refractivity contribution in [2.45, 2.75) is 6.04 Å². The molecular weight excluding hydrogens is 328 g/mol. The molecule has 1 N–H and O–H groups in total. The van der Waals surface area contributed by atoms with Crippen molar-refractivity contribution in [1.82, 2.24) is 24.4 Å². The fourth-order valence-electron chi connectivity index (χ4n) is 3.04. The lowest BCUT2D eigenvalue weighted by Crippen LogP contribution is -2.21. The number of benzene rings is 1. The highest BCUT2D eigenvalue weighted by Gasteiger charge is 2.17. The highest BCUT2D eigenvalue weighted by Crippen LogP contribution is 2.25. The molecule has 0 radical (unpaired) electrons. The van der Waals surface area contributed by atoms with Gasteiger partial charge in [0.2, 0.25) is 0 Å². The molecule has 3 aromatic heterocycles. The van der Waals surface area contributed by atoms with Crippen LogP contribution in [-0.2, 0) is 11.8 Å². The average molecular weight is 348 g/mol. The highest BCUT2D eigenvalue weighted by atomic mass is 16.5. The van der Waals surface area contributed by atoms with Gasteiger partial charge < -0.3 is 10.1 Å². The molecule has 0 saturated carbocycles. The van der Waals surface area contributed by atoms with Crippen molar-refractivity contribution in [3.63, 3.8) is 0 Å². The largest absolute Gasteiger partial charge is 0.382 e. The van der Waals surface area contributed by atoms with Gasteiger partial charge in [0.25, 0.3) is 0 Å². The van der Waals surface area contributed by atoms with E-state index in [1.165, 1.54) is 0 Å². The minimum Gasteiger partial charge on any atom is -0.382 e. The number of rotatable bonds is 6. The lowest BCUT2D eigenvalue weighted by Gasteiger charge is -2.20. The number of ether oxygens (including phenoxy) is 1. The number of nitrogens with one attached hydrogen (secondary N) is 1. The standard InChI is InChI=1S/C19H20N6O/c1-24-17(8-10-20-24)16(13-26-2)23-19-12-15(14-6-4-3-5-7-14)22-18-9-11-21-25(18)19/h3-12,16,23H,13H2,1-2H3. The van der Waals surface area contributed by atoms with Crippen LogP contribution in [0.2, 0.25) is 0 Å². The molecule has 0 fully saturated rings. The maximum absolute atomic E-state index is 5.41. The van der Waals surface area contributed by atoms with Crippen LogP contribution in [0.3, 0.4) is 0 Å². The average Bonchev–Trinajstić information content (AvgIpc) is 3.31. The molecular formula is C19H20N6O. The van der Waals surface area contributed by atoms with Crippen molar-refractivity contribution in [3.8, 4) is 11.3 Å². The van der Waals surface area contributed by atoms with Crippen molar-refractivity contribution >= 4 is 11.5 Å². The zero-order chi connectivity index (χ0) is 17.9. The maximum Gasteiger partial charge on any atom is 0.157 e. The third-order valence-electron chi connectivity index (χ3n) is 4.30. The Hall–Kier alpha value is -3.19. The van der Waals surface area contributed by atoms with Crippen molar-refractivity contribution in [3.05, 3.63) is 66.6 Å². The minimum absolute atomic E-state index is 0.0640. The van der Waals surface area contributed by atoms with E-state index in [4.69, 9.17) is 9.72 Å². The van der Waals surface area contributed by atoms with E-state index in [9.17, 15) is 0 Å². The number of hydrogen-bond donors (Lipinski definition) is 1. The van der Waals surface area contributed by atoms with Gasteiger partial charge in [0.1, 0.15) is 5.82 Å². The van der Waals surface area contributed by atoms with Crippen LogP contribution >= 0.6 is 0 Å². The van der Waals surface area contributed by atoms with E-state index >= 15 is 0 Å². The van der Waals surface area contributed by atoms with Gasteiger partial charge in [-0.3, -0.25) is 4.68 Å². The summed E-state index contributed by atoms with van der Waals surface area (Å²) >= 11 is 0. The number of aryl methyl sites for hydroxylation is 1. The van der Waals surface area contributed by atoms with Gasteiger partial charge in [0.15, 0.2) is 5.65 Å². The molecule has 1 atom stereocenters. The molecule has 4 aromatic rings. The van der Waals surface area contributed by atoms with E-state index in [2.05, 4.69) is 15.5 Å². The molecule has 0 amide bonds. The van der Waals surface area contributed by atoms with Gasteiger partial charge in [-0.15, -0.1) is 0 Å². The van der Waals surface area contributed by atoms with Crippen molar-refractivity contribution in [1.29, 1.82) is 0 Å². The summed E-state index contributed by atoms with van der Waals surface area (Å²) in [7, 11) is 3.61. The first-order chi connectivity index (χ1) is 12.8. The van der Waals surface area contributed by atoms with E-state index in [1.807, 2.05) is 60.3 Å². The summed E-state index contributed by atoms with van der Waals surface area (Å²) in [5.41, 5.74) is 3.77. The van der Waals surface area contributed by atoms with Gasteiger partial charge in [-0.25, -0.2) is 4.98 Å². The third kappa shape index (κ3) is 3.04. The van der Waals surface area contributed by atoms with Crippen LogP contribution in [0.5, 0.6) is 0 Å². The smallest absolute Gasteiger partial charge is 0.157 e. The maximum atomic E-state index is 5.41. The second kappa shape index (κ2) is 6.97. The fraction of sp³-hybridized carbons (Fsp3) is 0.211. The molecule has 26 heavy (non-hydrogen) atoms. The Labute approximate surface area is 151 Å². The SMILES string of the molecule is COCC(Nc1cc(-c2ccccc2)nc2ccnn12)c1ccnn1C. The number of aromatic nitrogens is 5. The quantitative estimate of drug-likeness (QED) is 0.580. The van der Waals surface area contributed by atoms with E-state index in [0.717, 1.165) is 28.4 Å². The van der Waals surface area contributed by atoms with Gasteiger partial charge in [0.05, 0.1) is 30.2 Å². The van der Waals surface area contributed by atoms with Crippen LogP contribution in [0.4, 0.5) is 5.82 Å². The van der Waals surface area contributed by atoms with E-state index < -0.39 is 0 Å². The fourth-order valence-corrected chi connectivity index (χ4v) is 3.04. The Bertz CT molecular complexity index is 1010. The number of methoxy groups -OCH3 is 1. The summed E-state index contributed by atoms with van der Waals surface area (Å²) in [5, 5.41) is 12.2. The highest BCUT2D eigenvalue weighted by molar-refractivity contribution is 5.66. The summed E-state index contributed by atoms with van der Waals surface area (Å²) in [6.45, 7) is 0.505. The Morgan fingerprint density at radius 3 is 2.62 bits per heavy atom. The first kappa shape index (κ1) is 16.3. The molecule has 4 rings (SSSR count). The monoisotopic (exact) mass is 348 g/mol. The summed E-state index contributed by atoms with van der Waals surface area (Å²) < 4.78 is 9.06. The Morgan fingerprint density at radius 1 is 1.08 bits per heavy atom. The summed E-state index contributed by atoms with van der Waals surface area (Å²) in [6.07, 6.45) is 3.53. The van der Waals surface area contributed by atoms with Gasteiger partial charge in [0, 0.05) is 38.1 Å². The molecule has 3 heterocycles. The van der Waals surface area contributed by atoms with Gasteiger partial charge in [-0.1, -0.05) is 30.3 Å². The second-order valence-corrected chi connectivity index (χ2v) is 6.03. The third-order valence-corrected chi connectivity index (χ3v) is 4.30. The van der Waals surface area contributed by atoms with Crippen LogP contribution in [-0.4, -0.2) is 38.1 Å². The lowest BCUT2D eigenvalue weighted by atomic mass is 10.1. The van der Waals surface area contributed by atoms with E-state index in [-0.39, 0.29) is 6.04 Å². The molecule has 0 saturated heterocycles. The molecule has 7 heteroatoms. The van der Waals surface area contributed by atoms with Crippen LogP contribution in [0.1, 0.15) is 11.7 Å². The molecule has 7 nitrogen and oxygen atoms in total. The summed E-state index contributed by atoms with van der Waals surface area (Å²) in [4.78, 5) is 4.71. The Morgan fingerprint density at radius 2 is 1.88 bits per heavy atom. The zero-order valence-corrected chi connectivity index (χ0v) is 14.7. The normalized spacial score (nSPS) is 12.4. The van der Waals surface area contributed by atoms with Crippen molar-refractivity contribution in [2.75, 3.05) is 19.0 Å². The number of hydrogen-bond acceptors (Lipinski definition) is 5. The molecule has 0 bridgehead atoms. The van der Waals surface area contributed by atoms with Crippen LogP contribution in [0.15, 0.2) is 60.9 Å². The van der Waals surface area contributed by atoms with Crippen LogP contribution in [0, 0.1) is 0 Å². The zero-order valence-electron chi connectivity index (χ0n) is 14.7. The predicted molar refractivity (Wildman–Crippen MR) is 99.9 cm³/mol. The topological polar surface area (TPSA) is 69.3 Å². The molecule has 1 aromatic carbocycles. The minimum atomic E-state index is -0.0640. The first-order valence-electron chi connectivity index (χ1n) is 8.40. The number of anilines is 1. The van der Waals surface area contributed by atoms with E-state index in [1.54, 1.807) is 24.0 Å².